The summed E-state index contributed by atoms with van der Waals surface area (Å²) < 4.78 is 5.88. The number of alkyl halides is 1. The van der Waals surface area contributed by atoms with Gasteiger partial charge in [0.25, 0.3) is 0 Å². The van der Waals surface area contributed by atoms with Gasteiger partial charge in [0.05, 0.1) is 0 Å². The number of benzene rings is 1. The standard InChI is InChI=1S/C18H21I/c1-13-7-8-16-5-4-6-17-12-19(10-9-14(13)2)15(3)11-18(16)17/h4-15H,1-3H3/b8-7-,10-9-/t13?,14?,15-/m0/s1. The molecule has 3 aliphatic heterocycles. The van der Waals surface area contributed by atoms with E-state index in [2.05, 4.69) is 71.4 Å². The number of fused-ring (bicyclic) bond motifs is 4. The minimum atomic E-state index is -1.13. The SMILES string of the molecule is CC1/C=C\c2cccc3c2=C[C@H](C)I(C=3)/C=C\C1C. The van der Waals surface area contributed by atoms with Gasteiger partial charge in [-0.2, -0.15) is 0 Å². The summed E-state index contributed by atoms with van der Waals surface area (Å²) in [5.74, 6) is 1.24. The Balaban J connectivity index is 2.26. The summed E-state index contributed by atoms with van der Waals surface area (Å²) in [5, 5.41) is 2.91. The Labute approximate surface area is 123 Å². The van der Waals surface area contributed by atoms with Gasteiger partial charge in [-0.1, -0.05) is 0 Å². The van der Waals surface area contributed by atoms with Gasteiger partial charge in [0.1, 0.15) is 0 Å². The monoisotopic (exact) mass is 364 g/mol. The van der Waals surface area contributed by atoms with Crippen molar-refractivity contribution < 1.29 is 0 Å². The zero-order valence-electron chi connectivity index (χ0n) is 11.8. The number of halogens is 1. The Bertz CT molecular complexity index is 651. The summed E-state index contributed by atoms with van der Waals surface area (Å²) in [6.07, 6.45) is 9.65. The molecule has 0 fully saturated rings. The molecule has 0 spiro atoms. The zero-order chi connectivity index (χ0) is 13.4. The van der Waals surface area contributed by atoms with Gasteiger partial charge < -0.3 is 0 Å². The van der Waals surface area contributed by atoms with Crippen LogP contribution in [0.1, 0.15) is 26.3 Å². The van der Waals surface area contributed by atoms with Gasteiger partial charge in [0, 0.05) is 0 Å². The fourth-order valence-electron chi connectivity index (χ4n) is 2.53. The number of hydrogen-bond donors (Lipinski definition) is 0. The summed E-state index contributed by atoms with van der Waals surface area (Å²) in [6, 6.07) is 6.72. The van der Waals surface area contributed by atoms with Crippen molar-refractivity contribution in [2.45, 2.75) is 24.7 Å². The van der Waals surface area contributed by atoms with E-state index in [1.807, 2.05) is 0 Å². The first-order valence-corrected chi connectivity index (χ1v) is 10.7. The molecule has 100 valence electrons. The van der Waals surface area contributed by atoms with Gasteiger partial charge in [0.15, 0.2) is 0 Å². The summed E-state index contributed by atoms with van der Waals surface area (Å²) in [7, 11) is 0. The van der Waals surface area contributed by atoms with E-state index in [-0.39, 0.29) is 0 Å². The molecule has 1 aromatic rings. The second kappa shape index (κ2) is 5.28. The molecule has 4 rings (SSSR count). The molecule has 3 atom stereocenters. The van der Waals surface area contributed by atoms with E-state index in [9.17, 15) is 0 Å². The second-order valence-corrected chi connectivity index (χ2v) is 11.0. The summed E-state index contributed by atoms with van der Waals surface area (Å²) >= 11 is -1.13. The maximum atomic E-state index is 2.58. The number of allylic oxidation sites excluding steroid dienone is 2. The van der Waals surface area contributed by atoms with Gasteiger partial charge in [0.2, 0.25) is 0 Å². The maximum absolute atomic E-state index is 2.58. The first-order chi connectivity index (χ1) is 9.15. The van der Waals surface area contributed by atoms with Crippen LogP contribution < -0.4 is 10.4 Å². The average molecular weight is 364 g/mol. The van der Waals surface area contributed by atoms with Crippen LogP contribution in [-0.2, 0) is 0 Å². The summed E-state index contributed by atoms with van der Waals surface area (Å²) in [5.41, 5.74) is 1.39. The minimum absolute atomic E-state index is 0.608. The Morgan fingerprint density at radius 2 is 1.79 bits per heavy atom. The average Bonchev–Trinajstić information content (AvgIpc) is 2.43. The molecule has 2 unspecified atom stereocenters. The van der Waals surface area contributed by atoms with Crippen LogP contribution in [-0.4, -0.2) is 3.92 Å². The Morgan fingerprint density at radius 1 is 1.00 bits per heavy atom. The molecule has 3 aliphatic rings. The zero-order valence-corrected chi connectivity index (χ0v) is 14.0. The molecule has 0 saturated carbocycles. The number of hydrogen-bond acceptors (Lipinski definition) is 0. The molecule has 3 heterocycles. The van der Waals surface area contributed by atoms with Crippen LogP contribution in [0.4, 0.5) is 0 Å². The van der Waals surface area contributed by atoms with Crippen LogP contribution in [0.5, 0.6) is 0 Å². The Morgan fingerprint density at radius 3 is 2.63 bits per heavy atom. The van der Waals surface area contributed by atoms with E-state index in [1.54, 1.807) is 0 Å². The van der Waals surface area contributed by atoms with Gasteiger partial charge in [-0.25, -0.2) is 0 Å². The van der Waals surface area contributed by atoms with E-state index < -0.39 is 19.8 Å². The van der Waals surface area contributed by atoms with Crippen LogP contribution in [0.2, 0.25) is 0 Å². The van der Waals surface area contributed by atoms with E-state index in [0.29, 0.717) is 11.8 Å². The van der Waals surface area contributed by atoms with Crippen molar-refractivity contribution in [3.63, 3.8) is 0 Å². The normalized spacial score (nSPS) is 33.8. The third kappa shape index (κ3) is 2.58. The molecule has 4 bridgehead atoms. The van der Waals surface area contributed by atoms with Crippen LogP contribution in [0, 0.1) is 11.8 Å². The van der Waals surface area contributed by atoms with Crippen molar-refractivity contribution in [2.75, 3.05) is 0 Å². The van der Waals surface area contributed by atoms with E-state index in [1.165, 1.54) is 16.0 Å². The van der Waals surface area contributed by atoms with Crippen LogP contribution >= 0.6 is 19.8 Å². The van der Waals surface area contributed by atoms with Crippen molar-refractivity contribution in [3.8, 4) is 0 Å². The quantitative estimate of drug-likeness (QED) is 0.484. The van der Waals surface area contributed by atoms with E-state index in [4.69, 9.17) is 0 Å². The van der Waals surface area contributed by atoms with Gasteiger partial charge in [-0.15, -0.1) is 0 Å². The third-order valence-electron chi connectivity index (χ3n) is 4.14. The molecule has 0 radical (unpaired) electrons. The molecule has 0 aliphatic carbocycles. The van der Waals surface area contributed by atoms with Crippen LogP contribution in [0.25, 0.3) is 16.2 Å². The molecule has 0 nitrogen and oxygen atoms in total. The van der Waals surface area contributed by atoms with Gasteiger partial charge >= 0.3 is 123 Å². The molecule has 0 aromatic heterocycles. The third-order valence-corrected chi connectivity index (χ3v) is 9.41. The molecule has 0 amide bonds. The van der Waals surface area contributed by atoms with Gasteiger partial charge in [-0.05, 0) is 0 Å². The predicted molar refractivity (Wildman–Crippen MR) is 94.6 cm³/mol. The van der Waals surface area contributed by atoms with Crippen molar-refractivity contribution >= 4 is 36.1 Å². The molecule has 1 heteroatoms. The molecular formula is C18H21I. The Kier molecular flexibility index (Phi) is 3.66. The first kappa shape index (κ1) is 13.2. The van der Waals surface area contributed by atoms with E-state index in [0.717, 1.165) is 3.92 Å². The molecule has 1 aromatic carbocycles. The molecule has 19 heavy (non-hydrogen) atoms. The second-order valence-electron chi connectivity index (χ2n) is 5.58. The van der Waals surface area contributed by atoms with Crippen LogP contribution in [0.15, 0.2) is 34.4 Å². The van der Waals surface area contributed by atoms with Crippen molar-refractivity contribution in [1.29, 1.82) is 0 Å². The summed E-state index contributed by atoms with van der Waals surface area (Å²) in [4.78, 5) is 0. The predicted octanol–water partition coefficient (Wildman–Crippen LogP) is 3.93. The fraction of sp³-hybridized carbons (Fsp3) is 0.333. The number of rotatable bonds is 0. The first-order valence-electron chi connectivity index (χ1n) is 7.00. The molecule has 0 saturated heterocycles. The topological polar surface area (TPSA) is 0 Å². The van der Waals surface area contributed by atoms with Crippen molar-refractivity contribution in [3.05, 3.63) is 50.4 Å². The van der Waals surface area contributed by atoms with Crippen molar-refractivity contribution in [2.24, 2.45) is 11.8 Å². The van der Waals surface area contributed by atoms with Gasteiger partial charge in [-0.3, -0.25) is 0 Å². The Hall–Kier alpha value is -0.830. The molecule has 0 N–H and O–H groups in total. The summed E-state index contributed by atoms with van der Waals surface area (Å²) in [6.45, 7) is 7.04. The fourth-order valence-corrected chi connectivity index (χ4v) is 7.18. The van der Waals surface area contributed by atoms with E-state index >= 15 is 0 Å². The molecular weight excluding hydrogens is 343 g/mol. The van der Waals surface area contributed by atoms with Crippen LogP contribution in [0.3, 0.4) is 0 Å². The van der Waals surface area contributed by atoms with Crippen molar-refractivity contribution in [1.82, 2.24) is 0 Å².